The van der Waals surface area contributed by atoms with E-state index in [1.807, 2.05) is 31.2 Å². The number of hydrogen-bond acceptors (Lipinski definition) is 8. The lowest BCUT2D eigenvalue weighted by molar-refractivity contribution is -0.116. The van der Waals surface area contributed by atoms with Gasteiger partial charge in [-0.05, 0) is 31.2 Å². The van der Waals surface area contributed by atoms with Crippen LogP contribution < -0.4 is 10.2 Å². The molecule has 0 unspecified atom stereocenters. The van der Waals surface area contributed by atoms with Gasteiger partial charge in [0.05, 0.1) is 18.4 Å². The Hall–Kier alpha value is -3.59. The van der Waals surface area contributed by atoms with Crippen molar-refractivity contribution >= 4 is 29.5 Å². The van der Waals surface area contributed by atoms with Crippen molar-refractivity contribution in [2.24, 2.45) is 5.10 Å². The summed E-state index contributed by atoms with van der Waals surface area (Å²) >= 11 is 1.27. The van der Waals surface area contributed by atoms with Gasteiger partial charge in [0, 0.05) is 16.9 Å². The Kier molecular flexibility index (Phi) is 5.53. The average molecular weight is 422 g/mol. The van der Waals surface area contributed by atoms with Crippen molar-refractivity contribution in [2.45, 2.75) is 12.1 Å². The zero-order valence-electron chi connectivity index (χ0n) is 16.2. The number of aromatic hydroxyl groups is 1. The summed E-state index contributed by atoms with van der Waals surface area (Å²) in [6, 6.07) is 12.8. The summed E-state index contributed by atoms with van der Waals surface area (Å²) in [7, 11) is 1.47. The third-order valence-corrected chi connectivity index (χ3v) is 5.26. The van der Waals surface area contributed by atoms with Gasteiger partial charge >= 0.3 is 0 Å². The quantitative estimate of drug-likeness (QED) is 0.463. The van der Waals surface area contributed by atoms with Crippen molar-refractivity contribution in [3.8, 4) is 23.0 Å². The number of phenols is 1. The third-order valence-electron chi connectivity index (χ3n) is 4.44. The predicted octanol–water partition coefficient (Wildman–Crippen LogP) is 3.42. The maximum Gasteiger partial charge on any atom is 0.277 e. The van der Waals surface area contributed by atoms with Crippen molar-refractivity contribution in [3.63, 3.8) is 0 Å². The Morgan fingerprint density at radius 2 is 2.00 bits per heavy atom. The van der Waals surface area contributed by atoms with Gasteiger partial charge in [0.2, 0.25) is 5.89 Å². The molecule has 9 heteroatoms. The molecule has 0 spiro atoms. The maximum absolute atomic E-state index is 12.2. The van der Waals surface area contributed by atoms with Crippen LogP contribution in [0.1, 0.15) is 11.1 Å². The van der Waals surface area contributed by atoms with Gasteiger partial charge in [0.25, 0.3) is 11.1 Å². The highest BCUT2D eigenvalue weighted by Gasteiger charge is 2.24. The highest BCUT2D eigenvalue weighted by atomic mass is 32.2. The first-order valence-corrected chi connectivity index (χ1v) is 10.0. The standard InChI is InChI=1S/C21H18N4O4S/c1-12-6-8-13(9-7-12)20-24-25-21(29-20)30-11-16-15(19(27)23-22-16)10-14-4-3-5-17(28-2)18(14)26/h3-10,26H,11H2,1-2H3,(H,23,27)/b15-10-. The number of ether oxygens (including phenoxy) is 1. The van der Waals surface area contributed by atoms with E-state index in [1.54, 1.807) is 24.3 Å². The Balaban J connectivity index is 1.49. The van der Waals surface area contributed by atoms with Crippen LogP contribution in [0.15, 0.2) is 62.8 Å². The van der Waals surface area contributed by atoms with Crippen LogP contribution >= 0.6 is 11.8 Å². The molecule has 2 aromatic carbocycles. The van der Waals surface area contributed by atoms with E-state index in [0.29, 0.717) is 39.5 Å². The molecule has 2 heterocycles. The molecule has 8 nitrogen and oxygen atoms in total. The number of aryl methyl sites for hydroxylation is 1. The Bertz CT molecular complexity index is 1150. The van der Waals surface area contributed by atoms with Gasteiger partial charge in [-0.15, -0.1) is 10.2 Å². The Labute approximate surface area is 176 Å². The molecule has 1 amide bonds. The first-order chi connectivity index (χ1) is 14.5. The molecule has 2 N–H and O–H groups in total. The van der Waals surface area contributed by atoms with Gasteiger partial charge in [-0.25, -0.2) is 5.43 Å². The van der Waals surface area contributed by atoms with Crippen LogP contribution in [0, 0.1) is 6.92 Å². The lowest BCUT2D eigenvalue weighted by Crippen LogP contribution is -2.13. The number of carbonyl (C=O) groups is 1. The van der Waals surface area contributed by atoms with E-state index >= 15 is 0 Å². The SMILES string of the molecule is COc1cccc(/C=C2\C(=O)NN=C2CSc2nnc(-c3ccc(C)cc3)o2)c1O. The molecule has 30 heavy (non-hydrogen) atoms. The van der Waals surface area contributed by atoms with E-state index in [0.717, 1.165) is 11.1 Å². The molecule has 0 fully saturated rings. The topological polar surface area (TPSA) is 110 Å². The first-order valence-electron chi connectivity index (χ1n) is 9.03. The van der Waals surface area contributed by atoms with E-state index in [-0.39, 0.29) is 11.7 Å². The summed E-state index contributed by atoms with van der Waals surface area (Å²) in [5.74, 6) is 0.699. The second-order valence-electron chi connectivity index (χ2n) is 6.48. The number of para-hydroxylation sites is 1. The number of aromatic nitrogens is 2. The zero-order valence-corrected chi connectivity index (χ0v) is 17.1. The molecule has 3 aromatic rings. The number of hydrazone groups is 1. The second-order valence-corrected chi connectivity index (χ2v) is 7.41. The lowest BCUT2D eigenvalue weighted by Gasteiger charge is -2.06. The predicted molar refractivity (Wildman–Crippen MR) is 113 cm³/mol. The number of amides is 1. The molecule has 0 bridgehead atoms. The summed E-state index contributed by atoms with van der Waals surface area (Å²) in [6.07, 6.45) is 1.57. The van der Waals surface area contributed by atoms with E-state index in [1.165, 1.54) is 18.9 Å². The van der Waals surface area contributed by atoms with Crippen molar-refractivity contribution in [1.82, 2.24) is 15.6 Å². The molecule has 1 aliphatic heterocycles. The minimum atomic E-state index is -0.348. The van der Waals surface area contributed by atoms with Gasteiger partial charge in [-0.3, -0.25) is 4.79 Å². The monoisotopic (exact) mass is 422 g/mol. The number of rotatable bonds is 6. The first kappa shape index (κ1) is 19.7. The molecule has 0 atom stereocenters. The number of methoxy groups -OCH3 is 1. The molecule has 1 aliphatic rings. The Morgan fingerprint density at radius 1 is 1.20 bits per heavy atom. The minimum Gasteiger partial charge on any atom is -0.504 e. The summed E-state index contributed by atoms with van der Waals surface area (Å²) < 4.78 is 10.8. The van der Waals surface area contributed by atoms with Crippen LogP contribution in [-0.4, -0.2) is 39.8 Å². The number of thioether (sulfide) groups is 1. The van der Waals surface area contributed by atoms with Crippen LogP contribution in [0.3, 0.4) is 0 Å². The zero-order chi connectivity index (χ0) is 21.1. The highest BCUT2D eigenvalue weighted by Crippen LogP contribution is 2.32. The molecule has 1 aromatic heterocycles. The molecule has 0 radical (unpaired) electrons. The van der Waals surface area contributed by atoms with Gasteiger partial charge < -0.3 is 14.3 Å². The summed E-state index contributed by atoms with van der Waals surface area (Å²) in [5.41, 5.74) is 5.75. The number of hydrogen-bond donors (Lipinski definition) is 2. The molecular weight excluding hydrogens is 404 g/mol. The summed E-state index contributed by atoms with van der Waals surface area (Å²) in [5, 5.41) is 22.9. The fourth-order valence-corrected chi connectivity index (χ4v) is 3.53. The average Bonchev–Trinajstić information content (AvgIpc) is 3.36. The largest absolute Gasteiger partial charge is 0.504 e. The van der Waals surface area contributed by atoms with Crippen molar-refractivity contribution in [1.29, 1.82) is 0 Å². The van der Waals surface area contributed by atoms with Crippen LogP contribution in [0.25, 0.3) is 17.5 Å². The second kappa shape index (κ2) is 8.42. The fraction of sp³-hybridized carbons (Fsp3) is 0.143. The number of phenolic OH excluding ortho intramolecular Hbond substituents is 1. The van der Waals surface area contributed by atoms with E-state index < -0.39 is 0 Å². The van der Waals surface area contributed by atoms with Crippen molar-refractivity contribution in [3.05, 3.63) is 59.2 Å². The van der Waals surface area contributed by atoms with Crippen LogP contribution in [0.4, 0.5) is 0 Å². The minimum absolute atomic E-state index is 0.0427. The summed E-state index contributed by atoms with van der Waals surface area (Å²) in [4.78, 5) is 12.2. The molecular formula is C21H18N4O4S. The number of benzene rings is 2. The van der Waals surface area contributed by atoms with Crippen LogP contribution in [0.2, 0.25) is 0 Å². The van der Waals surface area contributed by atoms with Crippen LogP contribution in [-0.2, 0) is 4.79 Å². The van der Waals surface area contributed by atoms with Crippen molar-refractivity contribution in [2.75, 3.05) is 12.9 Å². The Morgan fingerprint density at radius 3 is 2.77 bits per heavy atom. The fourth-order valence-electron chi connectivity index (χ4n) is 2.82. The smallest absolute Gasteiger partial charge is 0.277 e. The number of nitrogens with zero attached hydrogens (tertiary/aromatic N) is 3. The molecule has 0 saturated carbocycles. The van der Waals surface area contributed by atoms with Gasteiger partial charge in [-0.2, -0.15) is 5.10 Å². The molecule has 4 rings (SSSR count). The normalized spacial score (nSPS) is 14.7. The summed E-state index contributed by atoms with van der Waals surface area (Å²) in [6.45, 7) is 2.01. The molecule has 0 saturated heterocycles. The van der Waals surface area contributed by atoms with Gasteiger partial charge in [0.15, 0.2) is 11.5 Å². The van der Waals surface area contributed by atoms with Gasteiger partial charge in [0.1, 0.15) is 0 Å². The van der Waals surface area contributed by atoms with Gasteiger partial charge in [-0.1, -0.05) is 41.6 Å². The van der Waals surface area contributed by atoms with Crippen molar-refractivity contribution < 1.29 is 19.1 Å². The van der Waals surface area contributed by atoms with E-state index in [9.17, 15) is 9.90 Å². The van der Waals surface area contributed by atoms with E-state index in [4.69, 9.17) is 9.15 Å². The maximum atomic E-state index is 12.2. The number of carbonyl (C=O) groups excluding carboxylic acids is 1. The molecule has 0 aliphatic carbocycles. The van der Waals surface area contributed by atoms with Crippen LogP contribution in [0.5, 0.6) is 11.5 Å². The van der Waals surface area contributed by atoms with E-state index in [2.05, 4.69) is 20.7 Å². The highest BCUT2D eigenvalue weighted by molar-refractivity contribution is 7.99. The molecule has 152 valence electrons. The third kappa shape index (κ3) is 4.06. The lowest BCUT2D eigenvalue weighted by atomic mass is 10.1. The number of nitrogens with one attached hydrogen (secondary N) is 1.